The molecular formula is C11H12N4O3S. The second kappa shape index (κ2) is 6.19. The minimum atomic E-state index is -0.504. The zero-order chi connectivity index (χ0) is 13.7. The molecule has 0 aromatic carbocycles. The Labute approximate surface area is 113 Å². The smallest absolute Gasteiger partial charge is 0.288 e. The Morgan fingerprint density at radius 3 is 2.84 bits per heavy atom. The molecule has 0 radical (unpaired) electrons. The van der Waals surface area contributed by atoms with E-state index in [1.807, 2.05) is 0 Å². The maximum absolute atomic E-state index is 11.6. The number of aromatic nitrogens is 1. The highest BCUT2D eigenvalue weighted by Gasteiger charge is 2.22. The minimum Gasteiger partial charge on any atom is -0.323 e. The number of pyridine rings is 1. The van der Waals surface area contributed by atoms with Crippen molar-refractivity contribution in [1.82, 2.24) is 20.7 Å². The van der Waals surface area contributed by atoms with Gasteiger partial charge in [0, 0.05) is 6.20 Å². The number of rotatable bonds is 3. The summed E-state index contributed by atoms with van der Waals surface area (Å²) in [6.45, 7) is -0.0612. The number of hydrazine groups is 1. The van der Waals surface area contributed by atoms with Crippen LogP contribution in [0.25, 0.3) is 0 Å². The molecule has 3 amide bonds. The molecule has 0 unspecified atom stereocenters. The van der Waals surface area contributed by atoms with Crippen molar-refractivity contribution in [2.75, 3.05) is 18.2 Å². The molecule has 0 saturated carbocycles. The normalized spacial score (nSPS) is 14.3. The van der Waals surface area contributed by atoms with Gasteiger partial charge >= 0.3 is 0 Å². The lowest BCUT2D eigenvalue weighted by Crippen LogP contribution is -2.46. The van der Waals surface area contributed by atoms with E-state index < -0.39 is 11.8 Å². The molecule has 2 rings (SSSR count). The highest BCUT2D eigenvalue weighted by Crippen LogP contribution is 2.13. The first-order chi connectivity index (χ1) is 9.16. The zero-order valence-corrected chi connectivity index (χ0v) is 10.8. The summed E-state index contributed by atoms with van der Waals surface area (Å²) in [6.07, 6.45) is 1.48. The van der Waals surface area contributed by atoms with Crippen LogP contribution in [0.15, 0.2) is 24.4 Å². The number of hydrogen-bond donors (Lipinski definition) is 2. The van der Waals surface area contributed by atoms with Gasteiger partial charge in [0.25, 0.3) is 11.8 Å². The highest BCUT2D eigenvalue weighted by molar-refractivity contribution is 8.00. The molecule has 0 spiro atoms. The van der Waals surface area contributed by atoms with Crippen LogP contribution in [-0.2, 0) is 9.59 Å². The summed E-state index contributed by atoms with van der Waals surface area (Å²) < 4.78 is 0. The number of hydrogen-bond acceptors (Lipinski definition) is 5. The van der Waals surface area contributed by atoms with Crippen molar-refractivity contribution in [1.29, 1.82) is 0 Å². The van der Waals surface area contributed by atoms with Crippen LogP contribution in [0.5, 0.6) is 0 Å². The quantitative estimate of drug-likeness (QED) is 0.720. The van der Waals surface area contributed by atoms with Crippen molar-refractivity contribution in [2.24, 2.45) is 0 Å². The standard InChI is InChI=1S/C11H12N4O3S/c16-9(5-15-7-19-6-10(15)17)13-14-11(18)8-3-1-2-4-12-8/h1-4H,5-7H2,(H,13,16)(H,14,18). The van der Waals surface area contributed by atoms with Gasteiger partial charge in [-0.25, -0.2) is 0 Å². The fourth-order valence-corrected chi connectivity index (χ4v) is 2.34. The zero-order valence-electron chi connectivity index (χ0n) is 9.96. The lowest BCUT2D eigenvalue weighted by Gasteiger charge is -2.14. The van der Waals surface area contributed by atoms with E-state index in [-0.39, 0.29) is 18.1 Å². The summed E-state index contributed by atoms with van der Waals surface area (Å²) in [7, 11) is 0. The summed E-state index contributed by atoms with van der Waals surface area (Å²) in [5.74, 6) is -0.124. The fourth-order valence-electron chi connectivity index (χ4n) is 1.44. The fraction of sp³-hybridized carbons (Fsp3) is 0.273. The monoisotopic (exact) mass is 280 g/mol. The minimum absolute atomic E-state index is 0.0612. The first kappa shape index (κ1) is 13.3. The molecule has 0 aliphatic carbocycles. The number of carbonyl (C=O) groups excluding carboxylic acids is 3. The van der Waals surface area contributed by atoms with Gasteiger partial charge in [-0.3, -0.25) is 30.2 Å². The molecule has 1 saturated heterocycles. The van der Waals surface area contributed by atoms with Crippen LogP contribution in [0, 0.1) is 0 Å². The summed E-state index contributed by atoms with van der Waals surface area (Å²) in [6, 6.07) is 4.89. The van der Waals surface area contributed by atoms with Gasteiger partial charge in [-0.1, -0.05) is 6.07 Å². The van der Waals surface area contributed by atoms with E-state index >= 15 is 0 Å². The molecule has 1 aromatic heterocycles. The highest BCUT2D eigenvalue weighted by atomic mass is 32.2. The number of nitrogens with zero attached hydrogens (tertiary/aromatic N) is 2. The van der Waals surface area contributed by atoms with E-state index in [1.54, 1.807) is 12.1 Å². The van der Waals surface area contributed by atoms with Crippen molar-refractivity contribution >= 4 is 29.5 Å². The Bertz CT molecular complexity index is 494. The Morgan fingerprint density at radius 1 is 1.37 bits per heavy atom. The van der Waals surface area contributed by atoms with Crippen LogP contribution in [0.4, 0.5) is 0 Å². The summed E-state index contributed by atoms with van der Waals surface area (Å²) in [5, 5.41) is 0. The lowest BCUT2D eigenvalue weighted by molar-refractivity contribution is -0.132. The Hall–Kier alpha value is -2.09. The van der Waals surface area contributed by atoms with Gasteiger partial charge in [0.2, 0.25) is 5.91 Å². The van der Waals surface area contributed by atoms with E-state index in [0.717, 1.165) is 0 Å². The Morgan fingerprint density at radius 2 is 2.21 bits per heavy atom. The average molecular weight is 280 g/mol. The molecule has 100 valence electrons. The summed E-state index contributed by atoms with van der Waals surface area (Å²) in [5.41, 5.74) is 4.69. The molecule has 19 heavy (non-hydrogen) atoms. The molecule has 1 aromatic rings. The topological polar surface area (TPSA) is 91.4 Å². The van der Waals surface area contributed by atoms with Crippen LogP contribution in [0.3, 0.4) is 0 Å². The first-order valence-corrected chi connectivity index (χ1v) is 6.68. The molecule has 1 aliphatic rings. The first-order valence-electron chi connectivity index (χ1n) is 5.52. The predicted molar refractivity (Wildman–Crippen MR) is 68.9 cm³/mol. The van der Waals surface area contributed by atoms with Gasteiger partial charge in [-0.05, 0) is 12.1 Å². The third-order valence-electron chi connectivity index (χ3n) is 2.37. The third kappa shape index (κ3) is 3.68. The van der Waals surface area contributed by atoms with Crippen LogP contribution in [0.1, 0.15) is 10.5 Å². The number of amides is 3. The third-order valence-corrected chi connectivity index (χ3v) is 3.32. The maximum atomic E-state index is 11.6. The van der Waals surface area contributed by atoms with Crippen LogP contribution < -0.4 is 10.9 Å². The molecule has 0 atom stereocenters. The second-order valence-electron chi connectivity index (χ2n) is 3.79. The molecule has 8 heteroatoms. The van der Waals surface area contributed by atoms with Gasteiger partial charge < -0.3 is 4.90 Å². The molecule has 0 bridgehead atoms. The Balaban J connectivity index is 1.77. The van der Waals surface area contributed by atoms with E-state index in [4.69, 9.17) is 0 Å². The lowest BCUT2D eigenvalue weighted by atomic mass is 10.3. The number of thioether (sulfide) groups is 1. The molecule has 2 N–H and O–H groups in total. The predicted octanol–water partition coefficient (Wildman–Crippen LogP) is -0.624. The largest absolute Gasteiger partial charge is 0.323 e. The van der Waals surface area contributed by atoms with Crippen LogP contribution in [0.2, 0.25) is 0 Å². The van der Waals surface area contributed by atoms with Gasteiger partial charge in [0.15, 0.2) is 0 Å². The van der Waals surface area contributed by atoms with Crippen molar-refractivity contribution in [3.63, 3.8) is 0 Å². The summed E-state index contributed by atoms with van der Waals surface area (Å²) in [4.78, 5) is 39.7. The van der Waals surface area contributed by atoms with Crippen LogP contribution in [-0.4, -0.2) is 45.8 Å². The van der Waals surface area contributed by atoms with E-state index in [1.165, 1.54) is 28.9 Å². The van der Waals surface area contributed by atoms with E-state index in [0.29, 0.717) is 11.6 Å². The van der Waals surface area contributed by atoms with Crippen molar-refractivity contribution in [2.45, 2.75) is 0 Å². The van der Waals surface area contributed by atoms with Gasteiger partial charge in [0.1, 0.15) is 12.2 Å². The van der Waals surface area contributed by atoms with Crippen molar-refractivity contribution in [3.05, 3.63) is 30.1 Å². The van der Waals surface area contributed by atoms with E-state index in [2.05, 4.69) is 15.8 Å². The van der Waals surface area contributed by atoms with Gasteiger partial charge in [-0.2, -0.15) is 0 Å². The Kier molecular flexibility index (Phi) is 4.35. The molecule has 1 aliphatic heterocycles. The number of carbonyl (C=O) groups is 3. The van der Waals surface area contributed by atoms with E-state index in [9.17, 15) is 14.4 Å². The molecular weight excluding hydrogens is 268 g/mol. The SMILES string of the molecule is O=C(CN1CSCC1=O)NNC(=O)c1ccccn1. The average Bonchev–Trinajstić information content (AvgIpc) is 2.82. The van der Waals surface area contributed by atoms with Crippen molar-refractivity contribution in [3.8, 4) is 0 Å². The maximum Gasteiger partial charge on any atom is 0.288 e. The molecule has 7 nitrogen and oxygen atoms in total. The van der Waals surface area contributed by atoms with Gasteiger partial charge in [-0.15, -0.1) is 11.8 Å². The van der Waals surface area contributed by atoms with Crippen molar-refractivity contribution < 1.29 is 14.4 Å². The van der Waals surface area contributed by atoms with Crippen LogP contribution >= 0.6 is 11.8 Å². The summed E-state index contributed by atoms with van der Waals surface area (Å²) >= 11 is 1.45. The van der Waals surface area contributed by atoms with Gasteiger partial charge in [0.05, 0.1) is 11.6 Å². The second-order valence-corrected chi connectivity index (χ2v) is 4.74. The number of nitrogens with one attached hydrogen (secondary N) is 2. The molecule has 1 fully saturated rings. The molecule has 2 heterocycles.